The second kappa shape index (κ2) is 5.28. The number of rotatable bonds is 1. The lowest BCUT2D eigenvalue weighted by Gasteiger charge is -2.32. The minimum absolute atomic E-state index is 0.0440. The third-order valence-corrected chi connectivity index (χ3v) is 4.34. The molecule has 2 atom stereocenters. The van der Waals surface area contributed by atoms with E-state index in [0.29, 0.717) is 17.6 Å². The average Bonchev–Trinajstić information content (AvgIpc) is 2.75. The van der Waals surface area contributed by atoms with Crippen LogP contribution in [0.4, 0.5) is 13.2 Å². The molecule has 1 aromatic carbocycles. The van der Waals surface area contributed by atoms with Gasteiger partial charge in [-0.15, -0.1) is 0 Å². The fourth-order valence-electron chi connectivity index (χ4n) is 2.89. The first-order valence-electron chi connectivity index (χ1n) is 6.66. The molecule has 2 fully saturated rings. The molecule has 7 heteroatoms. The molecule has 0 aliphatic carbocycles. The normalized spacial score (nSPS) is 25.2. The Kier molecular flexibility index (Phi) is 3.73. The number of alkyl halides is 3. The summed E-state index contributed by atoms with van der Waals surface area (Å²) < 4.78 is 45.2. The molecule has 114 valence electrons. The molecule has 0 radical (unpaired) electrons. The van der Waals surface area contributed by atoms with E-state index >= 15 is 0 Å². The predicted molar refractivity (Wildman–Crippen MR) is 72.9 cm³/mol. The highest BCUT2D eigenvalue weighted by Gasteiger charge is 2.40. The number of halogens is 4. The van der Waals surface area contributed by atoms with Crippen LogP contribution in [-0.2, 0) is 10.9 Å². The quantitative estimate of drug-likeness (QED) is 0.764. The lowest BCUT2D eigenvalue weighted by Crippen LogP contribution is -2.46. The Bertz CT molecular complexity index is 564. The van der Waals surface area contributed by atoms with Gasteiger partial charge in [0.2, 0.25) is 0 Å². The van der Waals surface area contributed by atoms with Crippen LogP contribution in [0.25, 0.3) is 0 Å². The molecule has 0 N–H and O–H groups in total. The maximum atomic E-state index is 13.1. The monoisotopic (exact) mass is 363 g/mol. The summed E-state index contributed by atoms with van der Waals surface area (Å²) in [7, 11) is 0. The molecule has 2 aliphatic rings. The lowest BCUT2D eigenvalue weighted by atomic mass is 10.1. The van der Waals surface area contributed by atoms with Crippen molar-refractivity contribution in [2.75, 3.05) is 13.1 Å². The molecule has 0 spiro atoms. The third kappa shape index (κ3) is 2.94. The molecule has 3 rings (SSSR count). The second-order valence-corrected chi connectivity index (χ2v) is 6.27. The number of ether oxygens (including phenoxy) is 1. The standard InChI is InChI=1S/C14H13BrF3NO2/c15-8-1-4-11(12(5-8)14(16,17)18)13(20)19-6-9-2-3-10(7-19)21-9/h1,4-5,9-10H,2-3,6-7H2. The van der Waals surface area contributed by atoms with Gasteiger partial charge in [-0.3, -0.25) is 4.79 Å². The summed E-state index contributed by atoms with van der Waals surface area (Å²) in [6, 6.07) is 3.63. The summed E-state index contributed by atoms with van der Waals surface area (Å²) in [6.45, 7) is 0.728. The summed E-state index contributed by atoms with van der Waals surface area (Å²) in [4.78, 5) is 13.9. The van der Waals surface area contributed by atoms with E-state index in [0.717, 1.165) is 18.9 Å². The van der Waals surface area contributed by atoms with Crippen LogP contribution in [0, 0.1) is 0 Å². The molecule has 0 saturated carbocycles. The van der Waals surface area contributed by atoms with Crippen LogP contribution in [0.1, 0.15) is 28.8 Å². The number of hydrogen-bond acceptors (Lipinski definition) is 2. The minimum Gasteiger partial charge on any atom is -0.371 e. The number of nitrogens with zero attached hydrogens (tertiary/aromatic N) is 1. The van der Waals surface area contributed by atoms with E-state index in [1.807, 2.05) is 0 Å². The number of carbonyl (C=O) groups is 1. The van der Waals surface area contributed by atoms with Gasteiger partial charge in [-0.25, -0.2) is 0 Å². The van der Waals surface area contributed by atoms with Crippen molar-refractivity contribution in [2.45, 2.75) is 31.2 Å². The second-order valence-electron chi connectivity index (χ2n) is 5.36. The van der Waals surface area contributed by atoms with Crippen molar-refractivity contribution < 1.29 is 22.7 Å². The van der Waals surface area contributed by atoms with Crippen molar-refractivity contribution >= 4 is 21.8 Å². The molecule has 2 saturated heterocycles. The number of hydrogen-bond donors (Lipinski definition) is 0. The fourth-order valence-corrected chi connectivity index (χ4v) is 3.25. The van der Waals surface area contributed by atoms with Gasteiger partial charge in [-0.1, -0.05) is 15.9 Å². The van der Waals surface area contributed by atoms with Crippen LogP contribution in [0.3, 0.4) is 0 Å². The van der Waals surface area contributed by atoms with E-state index in [1.165, 1.54) is 17.0 Å². The van der Waals surface area contributed by atoms with E-state index in [4.69, 9.17) is 4.74 Å². The summed E-state index contributed by atoms with van der Waals surface area (Å²) in [5, 5.41) is 0. The first kappa shape index (κ1) is 14.8. The summed E-state index contributed by atoms with van der Waals surface area (Å²) in [5.74, 6) is -0.574. The number of fused-ring (bicyclic) bond motifs is 2. The summed E-state index contributed by atoms with van der Waals surface area (Å²) in [6.07, 6.45) is -2.92. The van der Waals surface area contributed by atoms with Crippen molar-refractivity contribution in [1.29, 1.82) is 0 Å². The Morgan fingerprint density at radius 1 is 1.24 bits per heavy atom. The predicted octanol–water partition coefficient (Wildman–Crippen LogP) is 3.47. The third-order valence-electron chi connectivity index (χ3n) is 3.85. The molecule has 1 amide bonds. The molecule has 2 unspecified atom stereocenters. The highest BCUT2D eigenvalue weighted by atomic mass is 79.9. The molecule has 3 nitrogen and oxygen atoms in total. The van der Waals surface area contributed by atoms with E-state index in [2.05, 4.69) is 15.9 Å². The molecular weight excluding hydrogens is 351 g/mol. The van der Waals surface area contributed by atoms with Crippen molar-refractivity contribution in [3.05, 3.63) is 33.8 Å². The number of amides is 1. The average molecular weight is 364 g/mol. The van der Waals surface area contributed by atoms with Gasteiger partial charge in [-0.2, -0.15) is 13.2 Å². The highest BCUT2D eigenvalue weighted by Crippen LogP contribution is 2.35. The number of benzene rings is 1. The Morgan fingerprint density at radius 2 is 1.86 bits per heavy atom. The maximum Gasteiger partial charge on any atom is 0.417 e. The molecule has 2 heterocycles. The number of carbonyl (C=O) groups excluding carboxylic acids is 1. The van der Waals surface area contributed by atoms with Gasteiger partial charge < -0.3 is 9.64 Å². The molecular formula is C14H13BrF3NO2. The largest absolute Gasteiger partial charge is 0.417 e. The van der Waals surface area contributed by atoms with Crippen LogP contribution in [0.15, 0.2) is 22.7 Å². The summed E-state index contributed by atoms with van der Waals surface area (Å²) in [5.41, 5.74) is -1.20. The first-order chi connectivity index (χ1) is 9.84. The van der Waals surface area contributed by atoms with Crippen LogP contribution in [0.5, 0.6) is 0 Å². The molecule has 21 heavy (non-hydrogen) atoms. The van der Waals surface area contributed by atoms with Gasteiger partial charge in [0.05, 0.1) is 23.3 Å². The lowest BCUT2D eigenvalue weighted by molar-refractivity contribution is -0.138. The minimum atomic E-state index is -4.56. The van der Waals surface area contributed by atoms with Gasteiger partial charge in [0.1, 0.15) is 0 Å². The highest BCUT2D eigenvalue weighted by molar-refractivity contribution is 9.10. The fraction of sp³-hybridized carbons (Fsp3) is 0.500. The van der Waals surface area contributed by atoms with Crippen molar-refractivity contribution in [1.82, 2.24) is 4.90 Å². The number of morpholine rings is 1. The first-order valence-corrected chi connectivity index (χ1v) is 7.45. The van der Waals surface area contributed by atoms with E-state index in [9.17, 15) is 18.0 Å². The van der Waals surface area contributed by atoms with Gasteiger partial charge >= 0.3 is 6.18 Å². The van der Waals surface area contributed by atoms with E-state index in [1.54, 1.807) is 0 Å². The zero-order valence-corrected chi connectivity index (χ0v) is 12.6. The SMILES string of the molecule is O=C(c1ccc(Br)cc1C(F)(F)F)N1CC2CCC(C1)O2. The molecule has 2 aliphatic heterocycles. The van der Waals surface area contributed by atoms with E-state index in [-0.39, 0.29) is 17.8 Å². The zero-order chi connectivity index (χ0) is 15.2. The van der Waals surface area contributed by atoms with E-state index < -0.39 is 17.6 Å². The van der Waals surface area contributed by atoms with Crippen molar-refractivity contribution in [2.24, 2.45) is 0 Å². The Morgan fingerprint density at radius 3 is 2.43 bits per heavy atom. The molecule has 2 bridgehead atoms. The topological polar surface area (TPSA) is 29.5 Å². The van der Waals surface area contributed by atoms with Gasteiger partial charge in [0.15, 0.2) is 0 Å². The Labute approximate surface area is 128 Å². The Balaban J connectivity index is 1.91. The van der Waals surface area contributed by atoms with Gasteiger partial charge in [0, 0.05) is 17.6 Å². The zero-order valence-electron chi connectivity index (χ0n) is 11.0. The van der Waals surface area contributed by atoms with Crippen molar-refractivity contribution in [3.8, 4) is 0 Å². The van der Waals surface area contributed by atoms with Crippen LogP contribution < -0.4 is 0 Å². The number of likely N-dealkylation sites (tertiary alicyclic amines) is 1. The molecule has 1 aromatic rings. The van der Waals surface area contributed by atoms with Gasteiger partial charge in [-0.05, 0) is 31.0 Å². The summed E-state index contributed by atoms with van der Waals surface area (Å²) >= 11 is 3.02. The van der Waals surface area contributed by atoms with Crippen LogP contribution in [-0.4, -0.2) is 36.1 Å². The van der Waals surface area contributed by atoms with Crippen LogP contribution >= 0.6 is 15.9 Å². The van der Waals surface area contributed by atoms with Crippen LogP contribution in [0.2, 0.25) is 0 Å². The van der Waals surface area contributed by atoms with Gasteiger partial charge in [0.25, 0.3) is 5.91 Å². The van der Waals surface area contributed by atoms with Crippen molar-refractivity contribution in [3.63, 3.8) is 0 Å². The Hall–Kier alpha value is -1.08. The molecule has 0 aromatic heterocycles. The maximum absolute atomic E-state index is 13.1. The smallest absolute Gasteiger partial charge is 0.371 e.